The van der Waals surface area contributed by atoms with E-state index in [1.807, 2.05) is 13.0 Å². The molecule has 0 aromatic heterocycles. The lowest BCUT2D eigenvalue weighted by atomic mass is 9.98. The highest BCUT2D eigenvalue weighted by Gasteiger charge is 2.46. The fourth-order valence-corrected chi connectivity index (χ4v) is 2.32. The van der Waals surface area contributed by atoms with Gasteiger partial charge in [-0.1, -0.05) is 37.3 Å². The summed E-state index contributed by atoms with van der Waals surface area (Å²) in [4.78, 5) is 0. The van der Waals surface area contributed by atoms with Gasteiger partial charge in [0.1, 0.15) is 0 Å². The van der Waals surface area contributed by atoms with E-state index < -0.39 is 11.8 Å². The molecule has 0 bridgehead atoms. The van der Waals surface area contributed by atoms with Crippen LogP contribution in [0, 0.1) is 12.8 Å². The maximum absolute atomic E-state index is 13.9. The minimum absolute atomic E-state index is 0.190. The van der Waals surface area contributed by atoms with Gasteiger partial charge < -0.3 is 0 Å². The number of alkyl halides is 2. The zero-order valence-corrected chi connectivity index (χ0v) is 8.98. The first-order valence-electron chi connectivity index (χ1n) is 5.11. The van der Waals surface area contributed by atoms with Gasteiger partial charge in [-0.25, -0.2) is 8.78 Å². The van der Waals surface area contributed by atoms with Gasteiger partial charge >= 0.3 is 0 Å². The molecule has 0 saturated carbocycles. The Kier molecular flexibility index (Phi) is 2.18. The second kappa shape index (κ2) is 3.16. The Morgan fingerprint density at radius 3 is 2.73 bits per heavy atom. The molecule has 0 amide bonds. The normalized spacial score (nSPS) is 22.5. The van der Waals surface area contributed by atoms with Crippen LogP contribution in [-0.2, 0) is 12.3 Å². The van der Waals surface area contributed by atoms with Crippen molar-refractivity contribution in [1.29, 1.82) is 0 Å². The Morgan fingerprint density at radius 1 is 1.47 bits per heavy atom. The smallest absolute Gasteiger partial charge is 0.201 e. The van der Waals surface area contributed by atoms with E-state index in [-0.39, 0.29) is 5.56 Å². The monoisotopic (exact) mass is 208 g/mol. The second-order valence-electron chi connectivity index (χ2n) is 4.32. The van der Waals surface area contributed by atoms with Gasteiger partial charge in [0.25, 0.3) is 5.92 Å². The molecule has 0 fully saturated rings. The van der Waals surface area contributed by atoms with Crippen LogP contribution in [0.3, 0.4) is 0 Å². The summed E-state index contributed by atoms with van der Waals surface area (Å²) in [6.45, 7) is 7.13. The third-order valence-electron chi connectivity index (χ3n) is 3.09. The van der Waals surface area contributed by atoms with Crippen LogP contribution >= 0.6 is 0 Å². The minimum atomic E-state index is -2.70. The second-order valence-corrected chi connectivity index (χ2v) is 4.32. The van der Waals surface area contributed by atoms with Crippen molar-refractivity contribution in [2.75, 3.05) is 0 Å². The standard InChI is InChI=1S/C13H14F2/c1-4-10-5-8(2)6-11-7-9(3)13(14,15)12(10)11/h4-6,9H,1,7H2,2-3H3. The molecule has 0 spiro atoms. The first-order chi connectivity index (χ1) is 6.96. The molecule has 80 valence electrons. The lowest BCUT2D eigenvalue weighted by Gasteiger charge is -2.17. The molecule has 1 unspecified atom stereocenters. The van der Waals surface area contributed by atoms with E-state index in [0.717, 1.165) is 11.1 Å². The van der Waals surface area contributed by atoms with Gasteiger partial charge in [-0.2, -0.15) is 0 Å². The first kappa shape index (κ1) is 10.3. The van der Waals surface area contributed by atoms with Crippen molar-refractivity contribution in [2.45, 2.75) is 26.2 Å². The summed E-state index contributed by atoms with van der Waals surface area (Å²) < 4.78 is 27.7. The van der Waals surface area contributed by atoms with Crippen molar-refractivity contribution in [3.63, 3.8) is 0 Å². The third kappa shape index (κ3) is 1.39. The van der Waals surface area contributed by atoms with Gasteiger partial charge in [-0.15, -0.1) is 0 Å². The highest BCUT2D eigenvalue weighted by atomic mass is 19.3. The Morgan fingerprint density at radius 2 is 2.13 bits per heavy atom. The molecule has 2 rings (SSSR count). The molecule has 0 aliphatic heterocycles. The van der Waals surface area contributed by atoms with Crippen molar-refractivity contribution >= 4 is 6.08 Å². The van der Waals surface area contributed by atoms with E-state index in [0.29, 0.717) is 12.0 Å². The van der Waals surface area contributed by atoms with Crippen molar-refractivity contribution < 1.29 is 8.78 Å². The van der Waals surface area contributed by atoms with Gasteiger partial charge in [-0.05, 0) is 24.5 Å². The van der Waals surface area contributed by atoms with E-state index in [4.69, 9.17) is 0 Å². The zero-order valence-electron chi connectivity index (χ0n) is 8.98. The van der Waals surface area contributed by atoms with E-state index in [1.54, 1.807) is 13.0 Å². The average molecular weight is 208 g/mol. The lowest BCUT2D eigenvalue weighted by molar-refractivity contribution is -0.0452. The Labute approximate surface area is 88.6 Å². The highest BCUT2D eigenvalue weighted by Crippen LogP contribution is 2.47. The van der Waals surface area contributed by atoms with Crippen molar-refractivity contribution in [1.82, 2.24) is 0 Å². The average Bonchev–Trinajstić information content (AvgIpc) is 2.36. The molecule has 0 saturated heterocycles. The highest BCUT2D eigenvalue weighted by molar-refractivity contribution is 5.59. The van der Waals surface area contributed by atoms with E-state index in [2.05, 4.69) is 6.58 Å². The number of hydrogen-bond donors (Lipinski definition) is 0. The Balaban J connectivity index is 2.70. The number of fused-ring (bicyclic) bond motifs is 1. The predicted molar refractivity (Wildman–Crippen MR) is 58.0 cm³/mol. The molecular formula is C13H14F2. The SMILES string of the molecule is C=Cc1cc(C)cc2c1C(F)(F)C(C)C2. The van der Waals surface area contributed by atoms with Gasteiger partial charge in [0.05, 0.1) is 0 Å². The number of halogens is 2. The molecular weight excluding hydrogens is 194 g/mol. The van der Waals surface area contributed by atoms with E-state index in [9.17, 15) is 8.78 Å². The molecule has 0 radical (unpaired) electrons. The van der Waals surface area contributed by atoms with Gasteiger partial charge in [0.2, 0.25) is 0 Å². The molecule has 0 nitrogen and oxygen atoms in total. The predicted octanol–water partition coefficient (Wildman–Crippen LogP) is 3.92. The number of rotatable bonds is 1. The maximum Gasteiger partial charge on any atom is 0.276 e. The maximum atomic E-state index is 13.9. The molecule has 1 aromatic carbocycles. The molecule has 0 N–H and O–H groups in total. The lowest BCUT2D eigenvalue weighted by Crippen LogP contribution is -2.18. The molecule has 15 heavy (non-hydrogen) atoms. The quantitative estimate of drug-likeness (QED) is 0.656. The topological polar surface area (TPSA) is 0 Å². The van der Waals surface area contributed by atoms with Gasteiger partial charge in [0, 0.05) is 11.5 Å². The largest absolute Gasteiger partial charge is 0.276 e. The molecule has 1 atom stereocenters. The number of hydrogen-bond acceptors (Lipinski definition) is 0. The Hall–Kier alpha value is -1.18. The van der Waals surface area contributed by atoms with E-state index >= 15 is 0 Å². The minimum Gasteiger partial charge on any atom is -0.201 e. The van der Waals surface area contributed by atoms with Crippen LogP contribution in [0.25, 0.3) is 6.08 Å². The van der Waals surface area contributed by atoms with Crippen molar-refractivity contribution in [2.24, 2.45) is 5.92 Å². The fraction of sp³-hybridized carbons (Fsp3) is 0.385. The summed E-state index contributed by atoms with van der Waals surface area (Å²) in [5.41, 5.74) is 2.57. The van der Waals surface area contributed by atoms with E-state index in [1.165, 1.54) is 6.08 Å². The summed E-state index contributed by atoms with van der Waals surface area (Å²) in [6, 6.07) is 3.64. The summed E-state index contributed by atoms with van der Waals surface area (Å²) in [5.74, 6) is -3.31. The first-order valence-corrected chi connectivity index (χ1v) is 5.11. The molecule has 0 heterocycles. The van der Waals surface area contributed by atoms with Crippen LogP contribution in [0.4, 0.5) is 8.78 Å². The number of aryl methyl sites for hydroxylation is 1. The molecule has 1 aromatic rings. The fourth-order valence-electron chi connectivity index (χ4n) is 2.32. The van der Waals surface area contributed by atoms with Crippen LogP contribution in [0.2, 0.25) is 0 Å². The van der Waals surface area contributed by atoms with Gasteiger partial charge in [-0.3, -0.25) is 0 Å². The van der Waals surface area contributed by atoms with Crippen molar-refractivity contribution in [3.8, 4) is 0 Å². The third-order valence-corrected chi connectivity index (χ3v) is 3.09. The summed E-state index contributed by atoms with van der Waals surface area (Å²) in [6.07, 6.45) is 1.99. The van der Waals surface area contributed by atoms with Crippen LogP contribution in [0.1, 0.15) is 29.2 Å². The summed E-state index contributed by atoms with van der Waals surface area (Å²) in [5, 5.41) is 0. The summed E-state index contributed by atoms with van der Waals surface area (Å²) in [7, 11) is 0. The van der Waals surface area contributed by atoms with Crippen LogP contribution in [0.15, 0.2) is 18.7 Å². The van der Waals surface area contributed by atoms with Crippen LogP contribution < -0.4 is 0 Å². The number of benzene rings is 1. The Bertz CT molecular complexity index is 419. The van der Waals surface area contributed by atoms with Gasteiger partial charge in [0.15, 0.2) is 0 Å². The van der Waals surface area contributed by atoms with Crippen LogP contribution in [-0.4, -0.2) is 0 Å². The molecule has 1 aliphatic carbocycles. The molecule has 1 aliphatic rings. The van der Waals surface area contributed by atoms with Crippen molar-refractivity contribution in [3.05, 3.63) is 41.0 Å². The summed E-state index contributed by atoms with van der Waals surface area (Å²) >= 11 is 0. The van der Waals surface area contributed by atoms with Crippen LogP contribution in [0.5, 0.6) is 0 Å². The zero-order chi connectivity index (χ0) is 11.2. The molecule has 2 heteroatoms.